The highest BCUT2D eigenvalue weighted by molar-refractivity contribution is 5.87. The van der Waals surface area contributed by atoms with E-state index in [9.17, 15) is 40.2 Å². The monoisotopic (exact) mass is 771 g/mol. The molecule has 0 saturated heterocycles. The lowest BCUT2D eigenvalue weighted by atomic mass is 9.34. The molecular weight excluding hydrogens is 711 g/mol. The van der Waals surface area contributed by atoms with Crippen molar-refractivity contribution in [2.45, 2.75) is 139 Å². The number of aldehydes is 1. The standard InChI is InChI=1S/C46H61NO9/c1-26(2)28-10-11-34-37(51)12-15-41(24-49)38-13-16-42-14-5-4-7-27-8-6-9-29(23-48)32(27)19-36(47-3)33-18-30(43(42,25-50)35-20-39(52)56-40(33)35)22-45(42,54)44(38,53)21-31(17-28)46(34,41)55/h6,8-9,20,24,26,28,30-31,33-34,36-38,40,47-48,50-51,53-55H,5,10-19,21-23,25H2,1-3H3/t28-,30-,31-,33-,34-,36-,37+,38-,40+,41+,42-,43-,44+,45-,46+/m1/s1. The number of aliphatic hydroxyl groups excluding tert-OH is 3. The van der Waals surface area contributed by atoms with Gasteiger partial charge in [0.25, 0.3) is 0 Å². The zero-order chi connectivity index (χ0) is 39.6. The van der Waals surface area contributed by atoms with Gasteiger partial charge in [0.2, 0.25) is 0 Å². The lowest BCUT2D eigenvalue weighted by Gasteiger charge is -2.72. The van der Waals surface area contributed by atoms with Crippen molar-refractivity contribution in [1.82, 2.24) is 5.32 Å². The van der Waals surface area contributed by atoms with E-state index in [1.54, 1.807) is 6.08 Å². The molecule has 10 nitrogen and oxygen atoms in total. The van der Waals surface area contributed by atoms with Crippen molar-refractivity contribution in [3.05, 3.63) is 46.5 Å². The molecule has 6 saturated carbocycles. The Balaban J connectivity index is 1.26. The molecule has 15 atom stereocenters. The summed E-state index contributed by atoms with van der Waals surface area (Å²) in [4.78, 5) is 27.5. The number of carbonyl (C=O) groups excluding carboxylic acids is 2. The van der Waals surface area contributed by atoms with Crippen LogP contribution in [0, 0.1) is 69.5 Å². The number of hydrogen-bond donors (Lipinski definition) is 7. The van der Waals surface area contributed by atoms with Crippen molar-refractivity contribution >= 4 is 12.3 Å². The summed E-state index contributed by atoms with van der Waals surface area (Å²) in [5.74, 6) is 4.36. The normalized spacial score (nSPS) is 48.9. The SMILES string of the molecule is CN[C@@H]1Cc2c(cccc2CO)C#CCC[C@]23CC[C@H]4[C@@](O)(C[C@H]5C[C@H](C(C)C)CC[C@@H]6[C@@H](O)CC[C@@]4(C=O)[C@]56O)[C@@]2(O)C[C@H]2C[C@H]1[C@@H]1OC(=O)C=C1[C@@]23CO. The van der Waals surface area contributed by atoms with Crippen LogP contribution in [0.5, 0.6) is 0 Å². The van der Waals surface area contributed by atoms with E-state index in [-0.39, 0.29) is 62.2 Å². The van der Waals surface area contributed by atoms with E-state index in [1.807, 2.05) is 25.2 Å². The highest BCUT2D eigenvalue weighted by Gasteiger charge is 2.85. The molecule has 7 N–H and O–H groups in total. The van der Waals surface area contributed by atoms with Crippen molar-refractivity contribution in [1.29, 1.82) is 0 Å². The summed E-state index contributed by atoms with van der Waals surface area (Å²) >= 11 is 0. The molecule has 1 aromatic rings. The molecule has 304 valence electrons. The summed E-state index contributed by atoms with van der Waals surface area (Å²) in [7, 11) is 1.88. The van der Waals surface area contributed by atoms with E-state index in [1.165, 1.54) is 0 Å². The van der Waals surface area contributed by atoms with E-state index in [2.05, 4.69) is 31.0 Å². The third-order valence-electron chi connectivity index (χ3n) is 18.2. The van der Waals surface area contributed by atoms with Gasteiger partial charge in [0.1, 0.15) is 18.0 Å². The molecule has 6 fully saturated rings. The van der Waals surface area contributed by atoms with Gasteiger partial charge < -0.3 is 45.5 Å². The van der Waals surface area contributed by atoms with Crippen LogP contribution >= 0.6 is 0 Å². The van der Waals surface area contributed by atoms with E-state index in [4.69, 9.17) is 4.74 Å². The topological polar surface area (TPSA) is 177 Å². The molecule has 0 amide bonds. The fourth-order valence-electron chi connectivity index (χ4n) is 15.9. The second-order valence-electron chi connectivity index (χ2n) is 19.8. The number of nitrogens with one attached hydrogen (secondary N) is 1. The first-order chi connectivity index (χ1) is 26.8. The number of rotatable bonds is 5. The van der Waals surface area contributed by atoms with Crippen LogP contribution in [0.1, 0.15) is 108 Å². The van der Waals surface area contributed by atoms with Crippen molar-refractivity contribution < 1.29 is 45.0 Å². The molecular formula is C46H61NO9. The summed E-state index contributed by atoms with van der Waals surface area (Å²) in [5, 5.41) is 78.9. The summed E-state index contributed by atoms with van der Waals surface area (Å²) in [6.45, 7) is 3.84. The molecule has 1 aliphatic heterocycles. The largest absolute Gasteiger partial charge is 0.454 e. The maximum Gasteiger partial charge on any atom is 0.331 e. The fourth-order valence-corrected chi connectivity index (χ4v) is 15.9. The number of fused-ring (bicyclic) bond motifs is 6. The van der Waals surface area contributed by atoms with Gasteiger partial charge in [0.05, 0.1) is 35.9 Å². The van der Waals surface area contributed by atoms with Gasteiger partial charge >= 0.3 is 5.97 Å². The molecule has 1 heterocycles. The minimum atomic E-state index is -1.83. The number of hydrogen-bond acceptors (Lipinski definition) is 10. The molecule has 9 aliphatic rings. The van der Waals surface area contributed by atoms with Crippen LogP contribution < -0.4 is 5.32 Å². The Bertz CT molecular complexity index is 1890. The predicted octanol–water partition coefficient (Wildman–Crippen LogP) is 3.35. The number of carbonyl (C=O) groups is 2. The highest BCUT2D eigenvalue weighted by Crippen LogP contribution is 2.80. The van der Waals surface area contributed by atoms with Crippen LogP contribution in [0.15, 0.2) is 29.8 Å². The molecule has 0 unspecified atom stereocenters. The zero-order valence-corrected chi connectivity index (χ0v) is 33.2. The molecule has 1 spiro atoms. The molecule has 0 aromatic heterocycles. The summed E-state index contributed by atoms with van der Waals surface area (Å²) in [6, 6.07) is 5.54. The molecule has 10 heteroatoms. The predicted molar refractivity (Wildman–Crippen MR) is 206 cm³/mol. The maximum absolute atomic E-state index is 14.1. The number of aliphatic hydroxyl groups is 6. The Morgan fingerprint density at radius 2 is 1.82 bits per heavy atom. The van der Waals surface area contributed by atoms with Gasteiger partial charge in [-0.2, -0.15) is 0 Å². The Hall–Kier alpha value is -2.62. The van der Waals surface area contributed by atoms with Crippen LogP contribution in [0.3, 0.4) is 0 Å². The first-order valence-corrected chi connectivity index (χ1v) is 21.5. The third kappa shape index (κ3) is 4.60. The smallest absolute Gasteiger partial charge is 0.331 e. The molecule has 4 bridgehead atoms. The average Bonchev–Trinajstić information content (AvgIpc) is 3.62. The quantitative estimate of drug-likeness (QED) is 0.134. The van der Waals surface area contributed by atoms with Crippen LogP contribution in [-0.4, -0.2) is 91.6 Å². The minimum Gasteiger partial charge on any atom is -0.454 e. The van der Waals surface area contributed by atoms with E-state index in [0.717, 1.165) is 29.4 Å². The van der Waals surface area contributed by atoms with E-state index >= 15 is 0 Å². The van der Waals surface area contributed by atoms with Crippen LogP contribution in [-0.2, 0) is 27.4 Å². The minimum absolute atomic E-state index is 0.0755. The highest BCUT2D eigenvalue weighted by atomic mass is 16.5. The second kappa shape index (κ2) is 13.2. The number of benzene rings is 1. The molecule has 8 aliphatic carbocycles. The lowest BCUT2D eigenvalue weighted by molar-refractivity contribution is -0.348. The third-order valence-corrected chi connectivity index (χ3v) is 18.2. The molecule has 0 radical (unpaired) electrons. The number of esters is 1. The fraction of sp³-hybridized carbons (Fsp3) is 0.739. The van der Waals surface area contributed by atoms with Crippen LogP contribution in [0.25, 0.3) is 0 Å². The Morgan fingerprint density at radius 3 is 2.54 bits per heavy atom. The van der Waals surface area contributed by atoms with Crippen molar-refractivity contribution in [3.63, 3.8) is 0 Å². The van der Waals surface area contributed by atoms with Gasteiger partial charge in [-0.3, -0.25) is 0 Å². The first kappa shape index (κ1) is 38.9. The number of likely N-dealkylation sites (N-methyl/N-ethyl adjacent to an activating group) is 1. The Kier molecular flexibility index (Phi) is 9.16. The first-order valence-electron chi connectivity index (χ1n) is 21.5. The molecule has 1 aromatic carbocycles. The van der Waals surface area contributed by atoms with Crippen molar-refractivity contribution in [3.8, 4) is 11.8 Å². The van der Waals surface area contributed by atoms with Gasteiger partial charge in [-0.15, -0.1) is 0 Å². The van der Waals surface area contributed by atoms with E-state index in [0.29, 0.717) is 63.4 Å². The van der Waals surface area contributed by atoms with Gasteiger partial charge in [0.15, 0.2) is 0 Å². The maximum atomic E-state index is 14.1. The van der Waals surface area contributed by atoms with Crippen molar-refractivity contribution in [2.24, 2.45) is 57.7 Å². The molecule has 56 heavy (non-hydrogen) atoms. The lowest BCUT2D eigenvalue weighted by Crippen LogP contribution is -2.81. The van der Waals surface area contributed by atoms with E-state index < -0.39 is 69.0 Å². The Morgan fingerprint density at radius 1 is 1.02 bits per heavy atom. The summed E-state index contributed by atoms with van der Waals surface area (Å²) < 4.78 is 6.22. The van der Waals surface area contributed by atoms with Gasteiger partial charge in [-0.25, -0.2) is 4.79 Å². The summed E-state index contributed by atoms with van der Waals surface area (Å²) in [5.41, 5.74) is -5.64. The van der Waals surface area contributed by atoms with Gasteiger partial charge in [0, 0.05) is 52.7 Å². The van der Waals surface area contributed by atoms with Crippen LogP contribution in [0.4, 0.5) is 0 Å². The van der Waals surface area contributed by atoms with Gasteiger partial charge in [-0.1, -0.05) is 37.8 Å². The van der Waals surface area contributed by atoms with Crippen molar-refractivity contribution in [2.75, 3.05) is 13.7 Å². The Labute approximate surface area is 330 Å². The molecule has 10 rings (SSSR count). The zero-order valence-electron chi connectivity index (χ0n) is 33.2. The van der Waals surface area contributed by atoms with Gasteiger partial charge in [-0.05, 0) is 131 Å². The summed E-state index contributed by atoms with van der Waals surface area (Å²) in [6.07, 6.45) is 6.11. The second-order valence-corrected chi connectivity index (χ2v) is 19.8. The van der Waals surface area contributed by atoms with Crippen LogP contribution in [0.2, 0.25) is 0 Å². The number of ether oxygens (including phenoxy) is 1. The average molecular weight is 772 g/mol.